The summed E-state index contributed by atoms with van der Waals surface area (Å²) in [5.41, 5.74) is 0. The van der Waals surface area contributed by atoms with Crippen LogP contribution in [0.25, 0.3) is 0 Å². The van der Waals surface area contributed by atoms with Crippen LogP contribution in [0.3, 0.4) is 0 Å². The highest BCUT2D eigenvalue weighted by Gasteiger charge is 2.31. The molecule has 1 aliphatic rings. The number of alkyl carbamates (subject to hydrolysis) is 1. The van der Waals surface area contributed by atoms with Crippen LogP contribution in [0.1, 0.15) is 155 Å². The van der Waals surface area contributed by atoms with E-state index in [0.29, 0.717) is 25.9 Å². The van der Waals surface area contributed by atoms with Crippen LogP contribution in [0, 0.1) is 0 Å². The topological polar surface area (TPSA) is 94.2 Å². The Labute approximate surface area is 332 Å². The second-order valence-electron chi connectivity index (χ2n) is 14.4. The lowest BCUT2D eigenvalue weighted by Crippen LogP contribution is -2.60. The molecule has 0 spiro atoms. The number of ether oxygens (including phenoxy) is 3. The van der Waals surface area contributed by atoms with E-state index in [1.165, 1.54) is 30.6 Å². The molecule has 8 nitrogen and oxygen atoms in total. The van der Waals surface area contributed by atoms with Crippen molar-refractivity contribution in [2.45, 2.75) is 174 Å². The first-order valence-corrected chi connectivity index (χ1v) is 21.4. The summed E-state index contributed by atoms with van der Waals surface area (Å²) in [5, 5.41) is 2.65. The minimum Gasteiger partial charge on any atom is -0.462 e. The molecule has 0 aliphatic carbocycles. The van der Waals surface area contributed by atoms with Gasteiger partial charge in [0.1, 0.15) is 13.2 Å². The summed E-state index contributed by atoms with van der Waals surface area (Å²) in [6.45, 7) is 4.14. The molecule has 1 heterocycles. The number of carbonyl (C=O) groups excluding carboxylic acids is 3. The maximum atomic E-state index is 12.6. The van der Waals surface area contributed by atoms with E-state index in [0.717, 1.165) is 89.9 Å². The summed E-state index contributed by atoms with van der Waals surface area (Å²) in [5.74, 6) is -0.788. The number of allylic oxidation sites excluding steroid dienone is 10. The molecule has 1 atom stereocenters. The third-order valence-corrected chi connectivity index (χ3v) is 9.17. The molecule has 0 radical (unpaired) electrons. The van der Waals surface area contributed by atoms with Crippen molar-refractivity contribution in [2.24, 2.45) is 0 Å². The third kappa shape index (κ3) is 32.7. The van der Waals surface area contributed by atoms with Crippen molar-refractivity contribution in [1.29, 1.82) is 0 Å². The molecule has 0 bridgehead atoms. The SMILES string of the molecule is CC/C=C\C/C=C\C/C=C\CCCCCCCC(=O)OCC(COC(=O)CCCCCCC/C=C\C/C=C\CCCCC)OC(=O)NC1CN(CC(F)F)C1. The number of carbonyl (C=O) groups is 3. The molecular weight excluding hydrogens is 702 g/mol. The maximum Gasteiger partial charge on any atom is 0.407 e. The van der Waals surface area contributed by atoms with Gasteiger partial charge in [0, 0.05) is 25.9 Å². The Balaban J connectivity index is 2.28. The lowest BCUT2D eigenvalue weighted by atomic mass is 10.1. The van der Waals surface area contributed by atoms with Crippen LogP contribution in [0.15, 0.2) is 60.8 Å². The molecular formula is C45H74F2N2O6. The smallest absolute Gasteiger partial charge is 0.407 e. The zero-order chi connectivity index (χ0) is 40.0. The van der Waals surface area contributed by atoms with Crippen molar-refractivity contribution in [3.8, 4) is 0 Å². The van der Waals surface area contributed by atoms with Crippen LogP contribution in [-0.2, 0) is 23.8 Å². The van der Waals surface area contributed by atoms with Crippen LogP contribution >= 0.6 is 0 Å². The van der Waals surface area contributed by atoms with Gasteiger partial charge in [-0.3, -0.25) is 14.5 Å². The Bertz CT molecular complexity index is 1120. The van der Waals surface area contributed by atoms with E-state index in [4.69, 9.17) is 14.2 Å². The van der Waals surface area contributed by atoms with Crippen LogP contribution in [0.4, 0.5) is 13.6 Å². The molecule has 1 rings (SSSR count). The number of rotatable bonds is 35. The van der Waals surface area contributed by atoms with E-state index < -0.39 is 30.6 Å². The van der Waals surface area contributed by atoms with Gasteiger partial charge in [0.25, 0.3) is 6.43 Å². The van der Waals surface area contributed by atoms with E-state index >= 15 is 0 Å². The highest BCUT2D eigenvalue weighted by Crippen LogP contribution is 2.13. The van der Waals surface area contributed by atoms with Gasteiger partial charge in [0.15, 0.2) is 6.10 Å². The molecule has 1 fully saturated rings. The summed E-state index contributed by atoms with van der Waals surface area (Å²) in [6.07, 6.45) is 39.4. The molecule has 314 valence electrons. The molecule has 10 heteroatoms. The van der Waals surface area contributed by atoms with Crippen LogP contribution in [0.5, 0.6) is 0 Å². The molecule has 1 saturated heterocycles. The molecule has 0 aromatic rings. The summed E-state index contributed by atoms with van der Waals surface area (Å²) in [4.78, 5) is 39.0. The standard InChI is InChI=1S/C45H74F2N2O6/c1-3-5-7-9-11-13-15-17-19-21-23-25-27-29-31-33-43(50)53-38-41(55-45(52)48-40-35-49(36-40)37-42(46)47)39-54-44(51)34-32-30-28-26-24-22-20-18-16-14-12-10-8-6-4-2/h5,7,11-14,17-20,40-42H,3-4,6,8-10,15-16,21-39H2,1-2H3,(H,48,52)/b7-5-,13-11-,14-12-,19-17-,20-18-. The first-order valence-electron chi connectivity index (χ1n) is 21.4. The van der Waals surface area contributed by atoms with Gasteiger partial charge in [0.05, 0.1) is 12.6 Å². The zero-order valence-electron chi connectivity index (χ0n) is 34.3. The van der Waals surface area contributed by atoms with Crippen molar-refractivity contribution in [3.05, 3.63) is 60.8 Å². The highest BCUT2D eigenvalue weighted by molar-refractivity contribution is 5.70. The molecule has 0 aromatic heterocycles. The Kier molecular flexibility index (Phi) is 32.9. The first kappa shape index (κ1) is 49.7. The van der Waals surface area contributed by atoms with Gasteiger partial charge >= 0.3 is 18.0 Å². The average Bonchev–Trinajstić information content (AvgIpc) is 3.14. The lowest BCUT2D eigenvalue weighted by Gasteiger charge is -2.39. The second kappa shape index (κ2) is 36.4. The average molecular weight is 777 g/mol. The number of nitrogens with zero attached hydrogens (tertiary/aromatic N) is 1. The zero-order valence-corrected chi connectivity index (χ0v) is 34.3. The van der Waals surface area contributed by atoms with Crippen molar-refractivity contribution in [2.75, 3.05) is 32.8 Å². The number of esters is 2. The van der Waals surface area contributed by atoms with Crippen LogP contribution < -0.4 is 5.32 Å². The van der Waals surface area contributed by atoms with E-state index in [9.17, 15) is 23.2 Å². The number of alkyl halides is 2. The lowest BCUT2D eigenvalue weighted by molar-refractivity contribution is -0.152. The third-order valence-electron chi connectivity index (χ3n) is 9.17. The van der Waals surface area contributed by atoms with Gasteiger partial charge in [-0.2, -0.15) is 0 Å². The second-order valence-corrected chi connectivity index (χ2v) is 14.4. The van der Waals surface area contributed by atoms with Crippen LogP contribution in [0.2, 0.25) is 0 Å². The highest BCUT2D eigenvalue weighted by atomic mass is 19.3. The number of likely N-dealkylation sites (tertiary alicyclic amines) is 1. The quantitative estimate of drug-likeness (QED) is 0.0296. The molecule has 0 saturated carbocycles. The molecule has 55 heavy (non-hydrogen) atoms. The van der Waals surface area contributed by atoms with Gasteiger partial charge in [-0.05, 0) is 77.0 Å². The van der Waals surface area contributed by atoms with E-state index in [1.54, 1.807) is 0 Å². The minimum atomic E-state index is -2.44. The number of hydrogen-bond acceptors (Lipinski definition) is 7. The Morgan fingerprint density at radius 2 is 1.05 bits per heavy atom. The molecule has 1 amide bonds. The van der Waals surface area contributed by atoms with E-state index in [-0.39, 0.29) is 38.6 Å². The van der Waals surface area contributed by atoms with Crippen molar-refractivity contribution in [3.63, 3.8) is 0 Å². The summed E-state index contributed by atoms with van der Waals surface area (Å²) < 4.78 is 41.4. The fourth-order valence-corrected chi connectivity index (χ4v) is 5.96. The van der Waals surface area contributed by atoms with E-state index in [2.05, 4.69) is 79.9 Å². The molecule has 1 unspecified atom stereocenters. The number of nitrogens with one attached hydrogen (secondary N) is 1. The fraction of sp³-hybridized carbons (Fsp3) is 0.711. The number of amides is 1. The van der Waals surface area contributed by atoms with Gasteiger partial charge in [-0.1, -0.05) is 126 Å². The summed E-state index contributed by atoms with van der Waals surface area (Å²) >= 11 is 0. The normalized spacial score (nSPS) is 14.6. The molecule has 1 aliphatic heterocycles. The van der Waals surface area contributed by atoms with Gasteiger partial charge in [-0.15, -0.1) is 0 Å². The van der Waals surface area contributed by atoms with Crippen molar-refractivity contribution >= 4 is 18.0 Å². The first-order chi connectivity index (χ1) is 26.8. The molecule has 0 aromatic carbocycles. The monoisotopic (exact) mass is 777 g/mol. The summed E-state index contributed by atoms with van der Waals surface area (Å²) in [7, 11) is 0. The Morgan fingerprint density at radius 1 is 0.618 bits per heavy atom. The van der Waals surface area contributed by atoms with Gasteiger partial charge in [0.2, 0.25) is 0 Å². The van der Waals surface area contributed by atoms with Gasteiger partial charge in [-0.25, -0.2) is 13.6 Å². The largest absolute Gasteiger partial charge is 0.462 e. The van der Waals surface area contributed by atoms with E-state index in [1.807, 2.05) is 0 Å². The minimum absolute atomic E-state index is 0.233. The number of hydrogen-bond donors (Lipinski definition) is 1. The molecule has 1 N–H and O–H groups in total. The van der Waals surface area contributed by atoms with Crippen LogP contribution in [-0.4, -0.2) is 74.4 Å². The number of unbranched alkanes of at least 4 members (excludes halogenated alkanes) is 13. The van der Waals surface area contributed by atoms with Crippen molar-refractivity contribution in [1.82, 2.24) is 10.2 Å². The fourth-order valence-electron chi connectivity index (χ4n) is 5.96. The predicted molar refractivity (Wildman–Crippen MR) is 220 cm³/mol. The predicted octanol–water partition coefficient (Wildman–Crippen LogP) is 11.5. The Hall–Kier alpha value is -3.27. The Morgan fingerprint density at radius 3 is 1.53 bits per heavy atom. The van der Waals surface area contributed by atoms with Gasteiger partial charge < -0.3 is 19.5 Å². The summed E-state index contributed by atoms with van der Waals surface area (Å²) in [6, 6.07) is -0.313. The number of halogens is 2. The maximum absolute atomic E-state index is 12.6. The van der Waals surface area contributed by atoms with Crippen molar-refractivity contribution < 1.29 is 37.4 Å².